The minimum absolute atomic E-state index is 0.150. The number of halogens is 2. The predicted octanol–water partition coefficient (Wildman–Crippen LogP) is 2.56. The maximum absolute atomic E-state index is 11.8. The zero-order valence-electron chi connectivity index (χ0n) is 13.7. The zero-order chi connectivity index (χ0) is 19.1. The van der Waals surface area contributed by atoms with E-state index in [1.165, 1.54) is 16.4 Å². The molecule has 0 saturated heterocycles. The van der Waals surface area contributed by atoms with E-state index in [0.717, 1.165) is 5.56 Å². The number of carbonyl (C=O) groups is 1. The summed E-state index contributed by atoms with van der Waals surface area (Å²) >= 11 is 9.62. The van der Waals surface area contributed by atoms with Crippen LogP contribution in [0.4, 0.5) is 5.69 Å². The molecular weight excluding hydrogens is 399 g/mol. The summed E-state index contributed by atoms with van der Waals surface area (Å²) in [4.78, 5) is 11.8. The number of aliphatic hydroxyl groups is 1. The van der Waals surface area contributed by atoms with Crippen LogP contribution < -0.4 is 9.62 Å². The van der Waals surface area contributed by atoms with E-state index in [1.54, 1.807) is 30.3 Å². The second-order valence-electron chi connectivity index (χ2n) is 5.31. The van der Waals surface area contributed by atoms with Gasteiger partial charge in [-0.15, -0.1) is 0 Å². The van der Waals surface area contributed by atoms with Gasteiger partial charge in [-0.2, -0.15) is 0 Å². The molecule has 2 N–H and O–H groups in total. The van der Waals surface area contributed by atoms with Gasteiger partial charge in [0, 0.05) is 35.6 Å². The highest BCUT2D eigenvalue weighted by atomic mass is 35.5. The minimum atomic E-state index is -2.49. The third-order valence-corrected chi connectivity index (χ3v) is 5.22. The van der Waals surface area contributed by atoms with Crippen molar-refractivity contribution in [2.75, 3.05) is 24.0 Å². The fraction of sp³-hybridized carbons (Fsp3) is 0.235. The molecule has 0 spiro atoms. The first-order chi connectivity index (χ1) is 12.4. The maximum Gasteiger partial charge on any atom is 0.251 e. The average molecular weight is 416 g/mol. The molecule has 26 heavy (non-hydrogen) atoms. The van der Waals surface area contributed by atoms with Gasteiger partial charge < -0.3 is 19.3 Å². The Balaban J connectivity index is 2.10. The Labute approximate surface area is 164 Å². The summed E-state index contributed by atoms with van der Waals surface area (Å²) in [6.07, 6.45) is 0.381. The van der Waals surface area contributed by atoms with Crippen molar-refractivity contribution in [3.05, 3.63) is 63.6 Å². The molecule has 2 aromatic rings. The van der Waals surface area contributed by atoms with Gasteiger partial charge in [-0.1, -0.05) is 35.3 Å². The second-order valence-corrected chi connectivity index (χ2v) is 6.97. The smallest absolute Gasteiger partial charge is 0.251 e. The number of hydrogen-bond acceptors (Lipinski definition) is 4. The Morgan fingerprint density at radius 3 is 2.50 bits per heavy atom. The number of benzene rings is 2. The Morgan fingerprint density at radius 1 is 1.19 bits per heavy atom. The van der Waals surface area contributed by atoms with Crippen molar-refractivity contribution >= 4 is 46.1 Å². The molecule has 0 aromatic heterocycles. The van der Waals surface area contributed by atoms with Crippen LogP contribution in [0.3, 0.4) is 0 Å². The number of carbonyl (C=O) groups excluding carboxylic acids is 1. The van der Waals surface area contributed by atoms with E-state index in [1.807, 2.05) is 0 Å². The van der Waals surface area contributed by atoms with Gasteiger partial charge in [0.25, 0.3) is 5.91 Å². The monoisotopic (exact) mass is 415 g/mol. The molecule has 1 atom stereocenters. The van der Waals surface area contributed by atoms with E-state index in [2.05, 4.69) is 5.32 Å². The summed E-state index contributed by atoms with van der Waals surface area (Å²) in [6, 6.07) is 11.3. The number of rotatable bonds is 8. The van der Waals surface area contributed by atoms with Crippen LogP contribution in [0.1, 0.15) is 15.9 Å². The molecule has 0 bridgehead atoms. The Hall–Kier alpha value is -1.64. The first kappa shape index (κ1) is 20.7. The number of aliphatic hydroxyl groups excluding tert-OH is 1. The lowest BCUT2D eigenvalue weighted by Crippen LogP contribution is -2.28. The molecule has 0 fully saturated rings. The summed E-state index contributed by atoms with van der Waals surface area (Å²) in [5, 5.41) is 12.1. The second kappa shape index (κ2) is 9.89. The van der Waals surface area contributed by atoms with Gasteiger partial charge in [0.05, 0.1) is 16.7 Å². The van der Waals surface area contributed by atoms with Gasteiger partial charge in [0.2, 0.25) is 0 Å². The summed E-state index contributed by atoms with van der Waals surface area (Å²) in [5.74, 6) is -0.342. The third kappa shape index (κ3) is 5.43. The Kier molecular flexibility index (Phi) is 7.86. The summed E-state index contributed by atoms with van der Waals surface area (Å²) < 4.78 is 24.4. The number of anilines is 1. The fourth-order valence-corrected chi connectivity index (χ4v) is 3.25. The summed E-state index contributed by atoms with van der Waals surface area (Å²) in [5.41, 5.74) is 1.54. The number of nitrogens with one attached hydrogen (secondary N) is 1. The van der Waals surface area contributed by atoms with Crippen molar-refractivity contribution < 1.29 is 18.7 Å². The molecule has 0 heterocycles. The van der Waals surface area contributed by atoms with Crippen molar-refractivity contribution in [3.8, 4) is 0 Å². The molecule has 0 aliphatic heterocycles. The highest BCUT2D eigenvalue weighted by molar-refractivity contribution is 7.80. The molecule has 2 rings (SSSR count). The lowest BCUT2D eigenvalue weighted by atomic mass is 10.1. The van der Waals surface area contributed by atoms with Crippen LogP contribution in [0.5, 0.6) is 0 Å². The van der Waals surface area contributed by atoms with Crippen LogP contribution in [-0.2, 0) is 17.7 Å². The average Bonchev–Trinajstić information content (AvgIpc) is 2.63. The maximum atomic E-state index is 11.8. The molecular formula is C17H17Cl2N2O4S-. The highest BCUT2D eigenvalue weighted by Gasteiger charge is 2.12. The zero-order valence-corrected chi connectivity index (χ0v) is 16.0. The molecule has 0 aliphatic carbocycles. The quantitative estimate of drug-likeness (QED) is 0.647. The van der Waals surface area contributed by atoms with Gasteiger partial charge in [-0.05, 0) is 42.3 Å². The molecule has 140 valence electrons. The van der Waals surface area contributed by atoms with Crippen LogP contribution in [0.15, 0.2) is 42.5 Å². The summed E-state index contributed by atoms with van der Waals surface area (Å²) in [6.45, 7) is 0.169. The van der Waals surface area contributed by atoms with Crippen LogP contribution in [0, 0.1) is 0 Å². The SMILES string of the molecule is O=C(NCCO)c1ccc(N(CCc2cccc(Cl)c2Cl)S(=O)[O-])cc1. The molecule has 6 nitrogen and oxygen atoms in total. The highest BCUT2D eigenvalue weighted by Crippen LogP contribution is 2.26. The van der Waals surface area contributed by atoms with E-state index in [-0.39, 0.29) is 25.6 Å². The molecule has 0 aliphatic rings. The molecule has 9 heteroatoms. The normalized spacial score (nSPS) is 11.8. The molecule has 1 amide bonds. The largest absolute Gasteiger partial charge is 0.755 e. The Morgan fingerprint density at radius 2 is 1.88 bits per heavy atom. The topological polar surface area (TPSA) is 92.7 Å². The Bertz CT molecular complexity index is 787. The fourth-order valence-electron chi connectivity index (χ4n) is 2.30. The standard InChI is InChI=1S/C17H18Cl2N2O4S/c18-15-3-1-2-12(16(15)19)8-10-21(26(24)25)14-6-4-13(5-7-14)17(23)20-9-11-22/h1-7,22H,8-11H2,(H,20,23)(H,24,25)/p-1. The van der Waals surface area contributed by atoms with Crippen LogP contribution in [0.2, 0.25) is 10.0 Å². The number of hydrogen-bond donors (Lipinski definition) is 2. The predicted molar refractivity (Wildman–Crippen MR) is 102 cm³/mol. The molecule has 0 saturated carbocycles. The van der Waals surface area contributed by atoms with Gasteiger partial charge in [-0.3, -0.25) is 9.00 Å². The van der Waals surface area contributed by atoms with Gasteiger partial charge in [0.15, 0.2) is 0 Å². The van der Waals surface area contributed by atoms with E-state index >= 15 is 0 Å². The van der Waals surface area contributed by atoms with Gasteiger partial charge >= 0.3 is 0 Å². The van der Waals surface area contributed by atoms with Crippen LogP contribution >= 0.6 is 23.2 Å². The number of amides is 1. The molecule has 0 radical (unpaired) electrons. The van der Waals surface area contributed by atoms with E-state index < -0.39 is 11.3 Å². The van der Waals surface area contributed by atoms with E-state index in [0.29, 0.717) is 27.7 Å². The third-order valence-electron chi connectivity index (χ3n) is 3.61. The summed E-state index contributed by atoms with van der Waals surface area (Å²) in [7, 11) is 0. The lowest BCUT2D eigenvalue weighted by molar-refractivity contribution is 0.0945. The van der Waals surface area contributed by atoms with Crippen LogP contribution in [-0.4, -0.2) is 39.5 Å². The van der Waals surface area contributed by atoms with Crippen molar-refractivity contribution in [2.24, 2.45) is 0 Å². The molecule has 2 aromatic carbocycles. The lowest BCUT2D eigenvalue weighted by Gasteiger charge is -2.26. The van der Waals surface area contributed by atoms with Crippen molar-refractivity contribution in [3.63, 3.8) is 0 Å². The molecule has 1 unspecified atom stereocenters. The first-order valence-corrected chi connectivity index (χ1v) is 9.51. The van der Waals surface area contributed by atoms with E-state index in [4.69, 9.17) is 28.3 Å². The van der Waals surface area contributed by atoms with Crippen LogP contribution in [0.25, 0.3) is 0 Å². The first-order valence-electron chi connectivity index (χ1n) is 7.73. The minimum Gasteiger partial charge on any atom is -0.755 e. The van der Waals surface area contributed by atoms with Crippen molar-refractivity contribution in [1.29, 1.82) is 0 Å². The van der Waals surface area contributed by atoms with E-state index in [9.17, 15) is 13.6 Å². The van der Waals surface area contributed by atoms with Gasteiger partial charge in [-0.25, -0.2) is 0 Å². The van der Waals surface area contributed by atoms with Gasteiger partial charge in [0.1, 0.15) is 0 Å². The van der Waals surface area contributed by atoms with Crippen molar-refractivity contribution in [1.82, 2.24) is 5.32 Å². The van der Waals surface area contributed by atoms with Crippen molar-refractivity contribution in [2.45, 2.75) is 6.42 Å². The number of nitrogens with zero attached hydrogens (tertiary/aromatic N) is 1.